The average Bonchev–Trinajstić information content (AvgIpc) is 2.65. The molecule has 1 aromatic rings. The van der Waals surface area contributed by atoms with Crippen molar-refractivity contribution in [3.8, 4) is 0 Å². The molecule has 138 valence electrons. The Morgan fingerprint density at radius 1 is 1.16 bits per heavy atom. The molecule has 2 rings (SSSR count). The quantitative estimate of drug-likeness (QED) is 0.673. The van der Waals surface area contributed by atoms with Crippen molar-refractivity contribution in [3.63, 3.8) is 0 Å². The molecule has 1 amide bonds. The Labute approximate surface area is 151 Å². The summed E-state index contributed by atoms with van der Waals surface area (Å²) in [7, 11) is 1.40. The molecule has 4 nitrogen and oxygen atoms in total. The second-order valence-corrected chi connectivity index (χ2v) is 7.21. The Kier molecular flexibility index (Phi) is 7.96. The molecule has 0 saturated heterocycles. The SMILES string of the molecule is COC(=O)C(C)CN(CCc1ccccc1)C(=O)CC1CCCCC1. The van der Waals surface area contributed by atoms with E-state index >= 15 is 0 Å². The average molecular weight is 345 g/mol. The van der Waals surface area contributed by atoms with Gasteiger partial charge >= 0.3 is 5.97 Å². The first-order valence-electron chi connectivity index (χ1n) is 9.49. The maximum Gasteiger partial charge on any atom is 0.310 e. The van der Waals surface area contributed by atoms with Gasteiger partial charge in [0.05, 0.1) is 13.0 Å². The molecule has 0 aliphatic heterocycles. The van der Waals surface area contributed by atoms with Crippen LogP contribution in [0.3, 0.4) is 0 Å². The molecule has 0 N–H and O–H groups in total. The molecule has 25 heavy (non-hydrogen) atoms. The summed E-state index contributed by atoms with van der Waals surface area (Å²) in [5, 5.41) is 0. The lowest BCUT2D eigenvalue weighted by Gasteiger charge is -2.28. The van der Waals surface area contributed by atoms with Gasteiger partial charge in [-0.25, -0.2) is 0 Å². The number of carbonyl (C=O) groups is 2. The van der Waals surface area contributed by atoms with Gasteiger partial charge in [-0.3, -0.25) is 9.59 Å². The Morgan fingerprint density at radius 2 is 1.84 bits per heavy atom. The highest BCUT2D eigenvalue weighted by molar-refractivity contribution is 5.78. The van der Waals surface area contributed by atoms with E-state index in [1.54, 1.807) is 0 Å². The van der Waals surface area contributed by atoms with Gasteiger partial charge in [-0.15, -0.1) is 0 Å². The van der Waals surface area contributed by atoms with Crippen LogP contribution >= 0.6 is 0 Å². The molecule has 1 saturated carbocycles. The number of rotatable bonds is 8. The van der Waals surface area contributed by atoms with Crippen molar-refractivity contribution in [1.29, 1.82) is 0 Å². The number of benzene rings is 1. The second kappa shape index (κ2) is 10.2. The lowest BCUT2D eigenvalue weighted by molar-refractivity contribution is -0.146. The van der Waals surface area contributed by atoms with Gasteiger partial charge in [0.15, 0.2) is 0 Å². The number of carbonyl (C=O) groups excluding carboxylic acids is 2. The van der Waals surface area contributed by atoms with E-state index in [0.717, 1.165) is 19.3 Å². The van der Waals surface area contributed by atoms with Crippen molar-refractivity contribution < 1.29 is 14.3 Å². The standard InChI is InChI=1S/C21H31NO3/c1-17(21(24)25-2)16-22(14-13-18-9-5-3-6-10-18)20(23)15-19-11-7-4-8-12-19/h3,5-6,9-10,17,19H,4,7-8,11-16H2,1-2H3. The smallest absolute Gasteiger partial charge is 0.310 e. The topological polar surface area (TPSA) is 46.6 Å². The van der Waals surface area contributed by atoms with Crippen LogP contribution in [0, 0.1) is 11.8 Å². The molecule has 0 bridgehead atoms. The van der Waals surface area contributed by atoms with Crippen LogP contribution < -0.4 is 0 Å². The summed E-state index contributed by atoms with van der Waals surface area (Å²) in [6.07, 6.45) is 7.51. The van der Waals surface area contributed by atoms with E-state index in [0.29, 0.717) is 25.4 Å². The molecule has 0 radical (unpaired) electrons. The summed E-state index contributed by atoms with van der Waals surface area (Å²) >= 11 is 0. The third kappa shape index (κ3) is 6.52. The summed E-state index contributed by atoms with van der Waals surface area (Å²) in [5.74, 6) is 0.138. The lowest BCUT2D eigenvalue weighted by Crippen LogP contribution is -2.39. The van der Waals surface area contributed by atoms with Gasteiger partial charge in [0.25, 0.3) is 0 Å². The van der Waals surface area contributed by atoms with Gasteiger partial charge in [-0.05, 0) is 30.7 Å². The highest BCUT2D eigenvalue weighted by Crippen LogP contribution is 2.27. The largest absolute Gasteiger partial charge is 0.469 e. The number of methoxy groups -OCH3 is 1. The fourth-order valence-electron chi connectivity index (χ4n) is 3.60. The number of amides is 1. The highest BCUT2D eigenvalue weighted by atomic mass is 16.5. The normalized spacial score (nSPS) is 16.2. The van der Waals surface area contributed by atoms with Gasteiger partial charge < -0.3 is 9.64 Å². The molecule has 1 atom stereocenters. The zero-order chi connectivity index (χ0) is 18.1. The van der Waals surface area contributed by atoms with Crippen LogP contribution in [0.2, 0.25) is 0 Å². The predicted molar refractivity (Wildman–Crippen MR) is 99.1 cm³/mol. The van der Waals surface area contributed by atoms with E-state index in [-0.39, 0.29) is 17.8 Å². The Morgan fingerprint density at radius 3 is 2.48 bits per heavy atom. The number of esters is 1. The lowest BCUT2D eigenvalue weighted by atomic mass is 9.86. The molecule has 0 spiro atoms. The van der Waals surface area contributed by atoms with E-state index in [2.05, 4.69) is 12.1 Å². The first-order chi connectivity index (χ1) is 12.1. The van der Waals surface area contributed by atoms with Crippen LogP contribution in [0.1, 0.15) is 51.0 Å². The fraction of sp³-hybridized carbons (Fsp3) is 0.619. The van der Waals surface area contributed by atoms with Crippen molar-refractivity contribution in [2.24, 2.45) is 11.8 Å². The number of nitrogens with zero attached hydrogens (tertiary/aromatic N) is 1. The van der Waals surface area contributed by atoms with Crippen LogP contribution in [0.15, 0.2) is 30.3 Å². The van der Waals surface area contributed by atoms with Crippen molar-refractivity contribution in [3.05, 3.63) is 35.9 Å². The summed E-state index contributed by atoms with van der Waals surface area (Å²) in [6.45, 7) is 2.91. The van der Waals surface area contributed by atoms with Gasteiger partial charge in [0, 0.05) is 19.5 Å². The molecule has 1 aliphatic carbocycles. The van der Waals surface area contributed by atoms with Crippen molar-refractivity contribution in [2.45, 2.75) is 51.9 Å². The van der Waals surface area contributed by atoms with Crippen LogP contribution in [-0.2, 0) is 20.7 Å². The Hall–Kier alpha value is -1.84. The van der Waals surface area contributed by atoms with Gasteiger partial charge in [0.1, 0.15) is 0 Å². The van der Waals surface area contributed by atoms with Gasteiger partial charge in [-0.2, -0.15) is 0 Å². The van der Waals surface area contributed by atoms with E-state index in [1.165, 1.54) is 31.9 Å². The molecule has 1 aromatic carbocycles. The number of hydrogen-bond acceptors (Lipinski definition) is 3. The Bertz CT molecular complexity index is 537. The van der Waals surface area contributed by atoms with Gasteiger partial charge in [0.2, 0.25) is 5.91 Å². The van der Waals surface area contributed by atoms with Crippen molar-refractivity contribution in [2.75, 3.05) is 20.2 Å². The monoisotopic (exact) mass is 345 g/mol. The molecule has 4 heteroatoms. The summed E-state index contributed by atoms with van der Waals surface area (Å²) in [5.41, 5.74) is 1.21. The second-order valence-electron chi connectivity index (χ2n) is 7.21. The first kappa shape index (κ1) is 19.5. The molecule has 1 fully saturated rings. The summed E-state index contributed by atoms with van der Waals surface area (Å²) < 4.78 is 4.83. The van der Waals surface area contributed by atoms with Crippen molar-refractivity contribution >= 4 is 11.9 Å². The zero-order valence-electron chi connectivity index (χ0n) is 15.6. The minimum Gasteiger partial charge on any atom is -0.469 e. The minimum absolute atomic E-state index is 0.179. The maximum absolute atomic E-state index is 12.9. The molecular weight excluding hydrogens is 314 g/mol. The van der Waals surface area contributed by atoms with E-state index in [9.17, 15) is 9.59 Å². The summed E-state index contributed by atoms with van der Waals surface area (Å²) in [4.78, 5) is 26.5. The minimum atomic E-state index is -0.295. The Balaban J connectivity index is 1.96. The van der Waals surface area contributed by atoms with Crippen LogP contribution in [0.25, 0.3) is 0 Å². The van der Waals surface area contributed by atoms with E-state index in [4.69, 9.17) is 4.74 Å². The van der Waals surface area contributed by atoms with E-state index in [1.807, 2.05) is 30.0 Å². The van der Waals surface area contributed by atoms with Crippen LogP contribution in [0.4, 0.5) is 0 Å². The van der Waals surface area contributed by atoms with E-state index < -0.39 is 0 Å². The number of hydrogen-bond donors (Lipinski definition) is 0. The third-order valence-corrected chi connectivity index (χ3v) is 5.15. The molecule has 0 aromatic heterocycles. The molecule has 0 heterocycles. The first-order valence-corrected chi connectivity index (χ1v) is 9.49. The maximum atomic E-state index is 12.9. The zero-order valence-corrected chi connectivity index (χ0v) is 15.6. The van der Waals surface area contributed by atoms with Crippen LogP contribution in [-0.4, -0.2) is 37.0 Å². The molecule has 1 aliphatic rings. The van der Waals surface area contributed by atoms with Crippen molar-refractivity contribution in [1.82, 2.24) is 4.90 Å². The summed E-state index contributed by atoms with van der Waals surface area (Å²) in [6, 6.07) is 10.2. The van der Waals surface area contributed by atoms with Gasteiger partial charge in [-0.1, -0.05) is 56.5 Å². The molecule has 1 unspecified atom stereocenters. The predicted octanol–water partition coefficient (Wildman–Crippen LogP) is 3.84. The van der Waals surface area contributed by atoms with Crippen LogP contribution in [0.5, 0.6) is 0 Å². The fourth-order valence-corrected chi connectivity index (χ4v) is 3.60. The third-order valence-electron chi connectivity index (χ3n) is 5.15. The number of ether oxygens (including phenoxy) is 1. The molecular formula is C21H31NO3. The highest BCUT2D eigenvalue weighted by Gasteiger charge is 2.24.